The summed E-state index contributed by atoms with van der Waals surface area (Å²) in [5.74, 6) is 0.433. The van der Waals surface area contributed by atoms with Crippen molar-refractivity contribution in [2.24, 2.45) is 11.7 Å². The van der Waals surface area contributed by atoms with Gasteiger partial charge in [0, 0.05) is 28.9 Å². The van der Waals surface area contributed by atoms with Gasteiger partial charge in [0.2, 0.25) is 5.91 Å². The van der Waals surface area contributed by atoms with Crippen molar-refractivity contribution in [2.45, 2.75) is 12.8 Å². The van der Waals surface area contributed by atoms with E-state index in [9.17, 15) is 9.59 Å². The van der Waals surface area contributed by atoms with Crippen molar-refractivity contribution in [2.75, 3.05) is 26.2 Å². The van der Waals surface area contributed by atoms with Crippen LogP contribution in [0.2, 0.25) is 5.02 Å². The van der Waals surface area contributed by atoms with Gasteiger partial charge in [0.1, 0.15) is 17.9 Å². The van der Waals surface area contributed by atoms with Crippen LogP contribution < -0.4 is 16.1 Å². The molecule has 1 aromatic heterocycles. The van der Waals surface area contributed by atoms with Crippen LogP contribution in [0.25, 0.3) is 22.1 Å². The van der Waals surface area contributed by atoms with E-state index in [0.29, 0.717) is 28.5 Å². The van der Waals surface area contributed by atoms with Crippen LogP contribution in [0.4, 0.5) is 0 Å². The standard InChI is InChI=1S/C23H23ClN2O4/c24-18-4-1-15(2-5-18)20-13-17-3-6-19(14-21(17)30-23(20)28)29-12-11-26-9-7-16(8-10-26)22(25)27/h1-6,13-14,16H,7-12H2,(H2,25,27). The number of rotatable bonds is 6. The molecule has 0 atom stereocenters. The van der Waals surface area contributed by atoms with E-state index in [4.69, 9.17) is 26.5 Å². The van der Waals surface area contributed by atoms with Crippen molar-refractivity contribution in [1.82, 2.24) is 4.90 Å². The number of amides is 1. The quantitative estimate of drug-likeness (QED) is 0.607. The molecule has 2 aromatic carbocycles. The Hall–Kier alpha value is -2.83. The lowest BCUT2D eigenvalue weighted by atomic mass is 9.96. The number of fused-ring (bicyclic) bond motifs is 1. The number of primary amides is 1. The number of carbonyl (C=O) groups excluding carboxylic acids is 1. The third-order valence-electron chi connectivity index (χ3n) is 5.53. The van der Waals surface area contributed by atoms with Gasteiger partial charge in [-0.25, -0.2) is 4.79 Å². The van der Waals surface area contributed by atoms with Crippen molar-refractivity contribution in [1.29, 1.82) is 0 Å². The van der Waals surface area contributed by atoms with Crippen molar-refractivity contribution >= 4 is 28.5 Å². The fraction of sp³-hybridized carbons (Fsp3) is 0.304. The highest BCUT2D eigenvalue weighted by Crippen LogP contribution is 2.25. The van der Waals surface area contributed by atoms with Crippen LogP contribution in [0.5, 0.6) is 5.75 Å². The maximum atomic E-state index is 12.4. The molecule has 3 aromatic rings. The Balaban J connectivity index is 1.40. The molecule has 0 unspecified atom stereocenters. The van der Waals surface area contributed by atoms with Gasteiger partial charge in [0.15, 0.2) is 0 Å². The summed E-state index contributed by atoms with van der Waals surface area (Å²) in [6.45, 7) is 2.97. The molecular formula is C23H23ClN2O4. The van der Waals surface area contributed by atoms with Crippen molar-refractivity contribution in [3.63, 3.8) is 0 Å². The molecule has 1 aliphatic heterocycles. The second-order valence-corrected chi connectivity index (χ2v) is 7.96. The average Bonchev–Trinajstić information content (AvgIpc) is 2.74. The molecule has 2 N–H and O–H groups in total. The van der Waals surface area contributed by atoms with E-state index in [2.05, 4.69) is 4.90 Å². The Kier molecular flexibility index (Phi) is 6.06. The van der Waals surface area contributed by atoms with E-state index in [1.54, 1.807) is 30.3 Å². The van der Waals surface area contributed by atoms with Crippen molar-refractivity contribution in [3.8, 4) is 16.9 Å². The molecule has 0 bridgehead atoms. The first-order chi connectivity index (χ1) is 14.5. The maximum absolute atomic E-state index is 12.4. The minimum atomic E-state index is -0.403. The number of nitrogens with two attached hydrogens (primary N) is 1. The van der Waals surface area contributed by atoms with E-state index < -0.39 is 5.63 Å². The number of hydrogen-bond donors (Lipinski definition) is 1. The lowest BCUT2D eigenvalue weighted by Gasteiger charge is -2.30. The van der Waals surface area contributed by atoms with Gasteiger partial charge in [-0.05, 0) is 61.8 Å². The predicted molar refractivity (Wildman–Crippen MR) is 117 cm³/mol. The van der Waals surface area contributed by atoms with Crippen molar-refractivity contribution < 1.29 is 13.9 Å². The minimum Gasteiger partial charge on any atom is -0.492 e. The molecule has 0 aliphatic carbocycles. The summed E-state index contributed by atoms with van der Waals surface area (Å²) in [5, 5.41) is 1.43. The summed E-state index contributed by atoms with van der Waals surface area (Å²) >= 11 is 5.92. The predicted octanol–water partition coefficient (Wildman–Crippen LogP) is 3.69. The van der Waals surface area contributed by atoms with E-state index in [0.717, 1.165) is 43.4 Å². The number of ether oxygens (including phenoxy) is 1. The summed E-state index contributed by atoms with van der Waals surface area (Å²) in [4.78, 5) is 26.0. The summed E-state index contributed by atoms with van der Waals surface area (Å²) in [5.41, 5.74) is 6.71. The number of piperidine rings is 1. The van der Waals surface area contributed by atoms with Crippen LogP contribution in [0.1, 0.15) is 12.8 Å². The molecule has 1 amide bonds. The second kappa shape index (κ2) is 8.90. The molecule has 1 aliphatic rings. The van der Waals surface area contributed by atoms with Crippen LogP contribution in [0.3, 0.4) is 0 Å². The highest BCUT2D eigenvalue weighted by Gasteiger charge is 2.22. The highest BCUT2D eigenvalue weighted by atomic mass is 35.5. The third kappa shape index (κ3) is 4.66. The number of carbonyl (C=O) groups is 1. The SMILES string of the molecule is NC(=O)C1CCN(CCOc2ccc3cc(-c4ccc(Cl)cc4)c(=O)oc3c2)CC1. The molecule has 0 saturated carbocycles. The van der Waals surface area contributed by atoms with Crippen LogP contribution in [-0.4, -0.2) is 37.0 Å². The van der Waals surface area contributed by atoms with Crippen LogP contribution in [0.15, 0.2) is 57.7 Å². The van der Waals surface area contributed by atoms with Gasteiger partial charge in [-0.15, -0.1) is 0 Å². The molecule has 0 radical (unpaired) electrons. The Labute approximate surface area is 179 Å². The first-order valence-corrected chi connectivity index (χ1v) is 10.4. The van der Waals surface area contributed by atoms with Gasteiger partial charge in [-0.3, -0.25) is 9.69 Å². The lowest BCUT2D eigenvalue weighted by molar-refractivity contribution is -0.123. The number of halogens is 1. The number of nitrogens with zero attached hydrogens (tertiary/aromatic N) is 1. The Morgan fingerprint density at radius 1 is 1.13 bits per heavy atom. The normalized spacial score (nSPS) is 15.4. The molecule has 6 nitrogen and oxygen atoms in total. The van der Waals surface area contributed by atoms with Crippen LogP contribution in [-0.2, 0) is 4.79 Å². The Bertz CT molecular complexity index is 1100. The molecule has 4 rings (SSSR count). The molecule has 1 fully saturated rings. The second-order valence-electron chi connectivity index (χ2n) is 7.52. The number of likely N-dealkylation sites (tertiary alicyclic amines) is 1. The van der Waals surface area contributed by atoms with E-state index in [1.807, 2.05) is 18.2 Å². The zero-order valence-electron chi connectivity index (χ0n) is 16.5. The van der Waals surface area contributed by atoms with E-state index in [-0.39, 0.29) is 11.8 Å². The summed E-state index contributed by atoms with van der Waals surface area (Å²) in [7, 11) is 0. The first-order valence-electron chi connectivity index (χ1n) is 9.98. The van der Waals surface area contributed by atoms with Gasteiger partial charge >= 0.3 is 5.63 Å². The molecule has 0 spiro atoms. The average molecular weight is 427 g/mol. The van der Waals surface area contributed by atoms with Gasteiger partial charge in [-0.1, -0.05) is 23.7 Å². The monoisotopic (exact) mass is 426 g/mol. The molecule has 30 heavy (non-hydrogen) atoms. The van der Waals surface area contributed by atoms with Gasteiger partial charge in [0.05, 0.1) is 5.56 Å². The molecule has 2 heterocycles. The summed E-state index contributed by atoms with van der Waals surface area (Å²) in [6.07, 6.45) is 1.60. The van der Waals surface area contributed by atoms with Gasteiger partial charge in [0.25, 0.3) is 0 Å². The number of hydrogen-bond acceptors (Lipinski definition) is 5. The highest BCUT2D eigenvalue weighted by molar-refractivity contribution is 6.30. The number of benzene rings is 2. The molecule has 7 heteroatoms. The Morgan fingerprint density at radius 2 is 1.87 bits per heavy atom. The largest absolute Gasteiger partial charge is 0.492 e. The fourth-order valence-corrected chi connectivity index (χ4v) is 3.87. The van der Waals surface area contributed by atoms with Gasteiger partial charge < -0.3 is 14.9 Å². The van der Waals surface area contributed by atoms with Crippen molar-refractivity contribution in [3.05, 3.63) is 64.0 Å². The summed E-state index contributed by atoms with van der Waals surface area (Å²) in [6, 6.07) is 14.4. The lowest BCUT2D eigenvalue weighted by Crippen LogP contribution is -2.40. The fourth-order valence-electron chi connectivity index (χ4n) is 3.75. The molecule has 156 valence electrons. The topological polar surface area (TPSA) is 85.8 Å². The summed E-state index contributed by atoms with van der Waals surface area (Å²) < 4.78 is 11.4. The third-order valence-corrected chi connectivity index (χ3v) is 5.78. The molecular weight excluding hydrogens is 404 g/mol. The zero-order chi connectivity index (χ0) is 21.1. The first kappa shape index (κ1) is 20.4. The maximum Gasteiger partial charge on any atom is 0.344 e. The van der Waals surface area contributed by atoms with Crippen LogP contribution >= 0.6 is 11.6 Å². The minimum absolute atomic E-state index is 0.0108. The van der Waals surface area contributed by atoms with Crippen LogP contribution in [0, 0.1) is 5.92 Å². The zero-order valence-corrected chi connectivity index (χ0v) is 17.2. The van der Waals surface area contributed by atoms with Gasteiger partial charge in [-0.2, -0.15) is 0 Å². The smallest absolute Gasteiger partial charge is 0.344 e. The van der Waals surface area contributed by atoms with E-state index >= 15 is 0 Å². The Morgan fingerprint density at radius 3 is 2.57 bits per heavy atom. The van der Waals surface area contributed by atoms with E-state index in [1.165, 1.54) is 0 Å². The molecule has 1 saturated heterocycles.